The first-order valence-electron chi connectivity index (χ1n) is 5.02. The molecule has 0 spiro atoms. The van der Waals surface area contributed by atoms with Crippen LogP contribution in [0.2, 0.25) is 0 Å². The van der Waals surface area contributed by atoms with Crippen LogP contribution in [0, 0.1) is 6.92 Å². The van der Waals surface area contributed by atoms with Crippen molar-refractivity contribution in [2.45, 2.75) is 6.92 Å². The Kier molecular flexibility index (Phi) is 1.68. The predicted octanol–water partition coefficient (Wildman–Crippen LogP) is 1.99. The van der Waals surface area contributed by atoms with Crippen LogP contribution in [-0.4, -0.2) is 9.78 Å². The van der Waals surface area contributed by atoms with E-state index in [1.165, 1.54) is 0 Å². The number of aromatic nitrogens is 2. The molecule has 0 radical (unpaired) electrons. The van der Waals surface area contributed by atoms with E-state index in [-0.39, 0.29) is 5.63 Å². The van der Waals surface area contributed by atoms with Gasteiger partial charge in [0.15, 0.2) is 0 Å². The molecule has 0 aliphatic rings. The fourth-order valence-electron chi connectivity index (χ4n) is 1.98. The van der Waals surface area contributed by atoms with Crippen LogP contribution >= 0.6 is 0 Å². The van der Waals surface area contributed by atoms with Gasteiger partial charge in [-0.15, -0.1) is 0 Å². The highest BCUT2D eigenvalue weighted by Crippen LogP contribution is 2.22. The molecule has 0 N–H and O–H groups in total. The van der Waals surface area contributed by atoms with E-state index in [0.29, 0.717) is 11.0 Å². The summed E-state index contributed by atoms with van der Waals surface area (Å²) in [6.45, 7) is 2.01. The van der Waals surface area contributed by atoms with E-state index in [0.717, 1.165) is 16.5 Å². The number of benzene rings is 1. The zero-order valence-corrected chi connectivity index (χ0v) is 9.02. The molecule has 0 saturated heterocycles. The normalized spacial score (nSPS) is 11.4. The standard InChI is InChI=1S/C12H10N2O2/c1-7-3-4-10-8(5-7)11-9(12(15)16-10)6-13-14(11)2/h3-6H,1-2H3. The Bertz CT molecular complexity index is 753. The monoisotopic (exact) mass is 214 g/mol. The van der Waals surface area contributed by atoms with E-state index in [1.54, 1.807) is 10.9 Å². The quantitative estimate of drug-likeness (QED) is 0.538. The second-order valence-corrected chi connectivity index (χ2v) is 3.92. The molecule has 0 unspecified atom stereocenters. The maximum Gasteiger partial charge on any atom is 0.347 e. The maximum absolute atomic E-state index is 11.7. The minimum atomic E-state index is -0.334. The van der Waals surface area contributed by atoms with Crippen molar-refractivity contribution in [3.05, 3.63) is 40.4 Å². The van der Waals surface area contributed by atoms with Gasteiger partial charge in [-0.3, -0.25) is 4.68 Å². The molecular formula is C12H10N2O2. The smallest absolute Gasteiger partial charge is 0.347 e. The molecule has 3 rings (SSSR count). The molecule has 0 saturated carbocycles. The second-order valence-electron chi connectivity index (χ2n) is 3.92. The highest BCUT2D eigenvalue weighted by molar-refractivity contribution is 6.02. The average Bonchev–Trinajstić information content (AvgIpc) is 2.63. The van der Waals surface area contributed by atoms with Crippen LogP contribution in [0.4, 0.5) is 0 Å². The Morgan fingerprint density at radius 1 is 1.31 bits per heavy atom. The number of hydrogen-bond acceptors (Lipinski definition) is 3. The molecule has 4 nitrogen and oxygen atoms in total. The first-order valence-corrected chi connectivity index (χ1v) is 5.02. The summed E-state index contributed by atoms with van der Waals surface area (Å²) in [5.74, 6) is 0. The van der Waals surface area contributed by atoms with Crippen molar-refractivity contribution in [3.8, 4) is 0 Å². The topological polar surface area (TPSA) is 48.0 Å². The largest absolute Gasteiger partial charge is 0.422 e. The van der Waals surface area contributed by atoms with Gasteiger partial charge in [-0.2, -0.15) is 5.10 Å². The lowest BCUT2D eigenvalue weighted by molar-refractivity contribution is 0.569. The lowest BCUT2D eigenvalue weighted by atomic mass is 10.1. The van der Waals surface area contributed by atoms with Crippen molar-refractivity contribution in [3.63, 3.8) is 0 Å². The summed E-state index contributed by atoms with van der Waals surface area (Å²) in [7, 11) is 1.82. The van der Waals surface area contributed by atoms with Gasteiger partial charge >= 0.3 is 5.63 Å². The van der Waals surface area contributed by atoms with Crippen LogP contribution in [0.15, 0.2) is 33.6 Å². The summed E-state index contributed by atoms with van der Waals surface area (Å²) in [6, 6.07) is 5.74. The molecule has 80 valence electrons. The van der Waals surface area contributed by atoms with Gasteiger partial charge in [-0.1, -0.05) is 11.6 Å². The van der Waals surface area contributed by atoms with Gasteiger partial charge in [0.05, 0.1) is 11.7 Å². The van der Waals surface area contributed by atoms with E-state index in [9.17, 15) is 4.79 Å². The minimum Gasteiger partial charge on any atom is -0.422 e. The Morgan fingerprint density at radius 2 is 2.12 bits per heavy atom. The first-order chi connectivity index (χ1) is 7.66. The zero-order chi connectivity index (χ0) is 11.3. The number of hydrogen-bond donors (Lipinski definition) is 0. The van der Waals surface area contributed by atoms with Crippen LogP contribution in [0.25, 0.3) is 21.9 Å². The zero-order valence-electron chi connectivity index (χ0n) is 9.02. The van der Waals surface area contributed by atoms with Gasteiger partial charge in [0.25, 0.3) is 0 Å². The molecule has 0 bridgehead atoms. The van der Waals surface area contributed by atoms with E-state index < -0.39 is 0 Å². The maximum atomic E-state index is 11.7. The predicted molar refractivity (Wildman–Crippen MR) is 61.5 cm³/mol. The molecule has 0 aliphatic heterocycles. The van der Waals surface area contributed by atoms with Gasteiger partial charge in [0, 0.05) is 12.4 Å². The first kappa shape index (κ1) is 9.15. The van der Waals surface area contributed by atoms with Gasteiger partial charge in [-0.05, 0) is 19.1 Å². The van der Waals surface area contributed by atoms with Gasteiger partial charge in [0.2, 0.25) is 0 Å². The second kappa shape index (κ2) is 2.95. The molecule has 2 aromatic heterocycles. The van der Waals surface area contributed by atoms with Crippen LogP contribution in [-0.2, 0) is 7.05 Å². The Morgan fingerprint density at radius 3 is 2.94 bits per heavy atom. The highest BCUT2D eigenvalue weighted by Gasteiger charge is 2.10. The molecule has 16 heavy (non-hydrogen) atoms. The third-order valence-corrected chi connectivity index (χ3v) is 2.75. The fourth-order valence-corrected chi connectivity index (χ4v) is 1.98. The summed E-state index contributed by atoms with van der Waals surface area (Å²) in [5.41, 5.74) is 2.23. The Balaban J connectivity index is 2.69. The van der Waals surface area contributed by atoms with Crippen LogP contribution in [0.5, 0.6) is 0 Å². The summed E-state index contributed by atoms with van der Waals surface area (Å²) in [4.78, 5) is 11.7. The van der Waals surface area contributed by atoms with Crippen molar-refractivity contribution in [1.29, 1.82) is 0 Å². The minimum absolute atomic E-state index is 0.334. The summed E-state index contributed by atoms with van der Waals surface area (Å²) < 4.78 is 6.94. The van der Waals surface area contributed by atoms with Crippen molar-refractivity contribution < 1.29 is 4.42 Å². The average molecular weight is 214 g/mol. The molecule has 3 aromatic rings. The SMILES string of the molecule is Cc1ccc2oc(=O)c3cnn(C)c3c2c1. The molecule has 0 atom stereocenters. The van der Waals surface area contributed by atoms with Gasteiger partial charge in [0.1, 0.15) is 11.0 Å². The van der Waals surface area contributed by atoms with E-state index in [2.05, 4.69) is 5.10 Å². The van der Waals surface area contributed by atoms with Crippen molar-refractivity contribution in [2.75, 3.05) is 0 Å². The molecule has 0 aliphatic carbocycles. The number of nitrogens with zero attached hydrogens (tertiary/aromatic N) is 2. The fraction of sp³-hybridized carbons (Fsp3) is 0.167. The number of rotatable bonds is 0. The van der Waals surface area contributed by atoms with E-state index in [4.69, 9.17) is 4.42 Å². The van der Waals surface area contributed by atoms with Gasteiger partial charge < -0.3 is 4.42 Å². The summed E-state index contributed by atoms with van der Waals surface area (Å²) in [5, 5.41) is 5.55. The molecule has 4 heteroatoms. The van der Waals surface area contributed by atoms with Crippen LogP contribution in [0.1, 0.15) is 5.56 Å². The number of aryl methyl sites for hydroxylation is 2. The lowest BCUT2D eigenvalue weighted by Crippen LogP contribution is -2.00. The van der Waals surface area contributed by atoms with Gasteiger partial charge in [-0.25, -0.2) is 4.79 Å². The summed E-state index contributed by atoms with van der Waals surface area (Å²) >= 11 is 0. The van der Waals surface area contributed by atoms with Crippen molar-refractivity contribution >= 4 is 21.9 Å². The molecule has 0 amide bonds. The molecule has 2 heterocycles. The third kappa shape index (κ3) is 1.10. The number of fused-ring (bicyclic) bond motifs is 3. The van der Waals surface area contributed by atoms with E-state index >= 15 is 0 Å². The molecule has 1 aromatic carbocycles. The van der Waals surface area contributed by atoms with Crippen LogP contribution < -0.4 is 5.63 Å². The Hall–Kier alpha value is -2.10. The summed E-state index contributed by atoms with van der Waals surface area (Å²) in [6.07, 6.45) is 1.54. The van der Waals surface area contributed by atoms with E-state index in [1.807, 2.05) is 32.2 Å². The van der Waals surface area contributed by atoms with Crippen molar-refractivity contribution in [2.24, 2.45) is 7.05 Å². The molecule has 0 fully saturated rings. The third-order valence-electron chi connectivity index (χ3n) is 2.75. The van der Waals surface area contributed by atoms with Crippen molar-refractivity contribution in [1.82, 2.24) is 9.78 Å². The van der Waals surface area contributed by atoms with Crippen LogP contribution in [0.3, 0.4) is 0 Å². The lowest BCUT2D eigenvalue weighted by Gasteiger charge is -2.01. The highest BCUT2D eigenvalue weighted by atomic mass is 16.4. The Labute approximate surface area is 91.1 Å². The molecular weight excluding hydrogens is 204 g/mol.